The van der Waals surface area contributed by atoms with Crippen molar-refractivity contribution in [3.63, 3.8) is 0 Å². The van der Waals surface area contributed by atoms with Gasteiger partial charge in [0.1, 0.15) is 0 Å². The van der Waals surface area contributed by atoms with Crippen LogP contribution in [-0.4, -0.2) is 30.0 Å². The molecule has 0 radical (unpaired) electrons. The van der Waals surface area contributed by atoms with Gasteiger partial charge in [0.05, 0.1) is 5.69 Å². The highest BCUT2D eigenvalue weighted by molar-refractivity contribution is 6.36. The number of nitrogens with zero attached hydrogens (tertiary/aromatic N) is 3. The standard InChI is InChI=1S/C24H20ClN3O/c1-27(2)28(23-12-11-22(25)19-8-4-5-9-20(19)23)24(29)21-10-6-3-7-18(21)17-13-15-26-16-14-17/h3-16H,1-2H3. The Morgan fingerprint density at radius 1 is 0.828 bits per heavy atom. The van der Waals surface area contributed by atoms with Gasteiger partial charge in [0.2, 0.25) is 0 Å². The van der Waals surface area contributed by atoms with Crippen LogP contribution < -0.4 is 5.01 Å². The van der Waals surface area contributed by atoms with Crippen LogP contribution in [0.2, 0.25) is 5.02 Å². The quantitative estimate of drug-likeness (QED) is 0.413. The van der Waals surface area contributed by atoms with Crippen molar-refractivity contribution in [2.75, 3.05) is 19.1 Å². The van der Waals surface area contributed by atoms with Gasteiger partial charge in [-0.2, -0.15) is 0 Å². The largest absolute Gasteiger partial charge is 0.273 e. The maximum absolute atomic E-state index is 13.7. The van der Waals surface area contributed by atoms with Crippen molar-refractivity contribution >= 4 is 34.0 Å². The number of pyridine rings is 1. The maximum atomic E-state index is 13.7. The van der Waals surface area contributed by atoms with Crippen molar-refractivity contribution in [3.05, 3.63) is 95.8 Å². The number of aromatic nitrogens is 1. The Hall–Kier alpha value is -3.21. The van der Waals surface area contributed by atoms with Crippen LogP contribution in [0.1, 0.15) is 10.4 Å². The molecule has 5 heteroatoms. The predicted octanol–water partition coefficient (Wildman–Crippen LogP) is 5.68. The summed E-state index contributed by atoms with van der Waals surface area (Å²) in [4.78, 5) is 17.8. The summed E-state index contributed by atoms with van der Waals surface area (Å²) >= 11 is 6.39. The molecule has 3 aromatic carbocycles. The molecule has 0 spiro atoms. The maximum Gasteiger partial charge on any atom is 0.273 e. The molecular weight excluding hydrogens is 382 g/mol. The fraction of sp³-hybridized carbons (Fsp3) is 0.0833. The van der Waals surface area contributed by atoms with Gasteiger partial charge in [0, 0.05) is 47.8 Å². The van der Waals surface area contributed by atoms with E-state index < -0.39 is 0 Å². The summed E-state index contributed by atoms with van der Waals surface area (Å²) in [5, 5.41) is 5.96. The van der Waals surface area contributed by atoms with Gasteiger partial charge >= 0.3 is 0 Å². The lowest BCUT2D eigenvalue weighted by molar-refractivity contribution is 0.0931. The summed E-state index contributed by atoms with van der Waals surface area (Å²) in [5.41, 5.74) is 3.21. The summed E-state index contributed by atoms with van der Waals surface area (Å²) in [7, 11) is 3.71. The minimum Gasteiger partial charge on any atom is -0.267 e. The van der Waals surface area contributed by atoms with Gasteiger partial charge in [-0.05, 0) is 41.5 Å². The Balaban J connectivity index is 1.88. The highest BCUT2D eigenvalue weighted by Gasteiger charge is 2.24. The van der Waals surface area contributed by atoms with E-state index >= 15 is 0 Å². The van der Waals surface area contributed by atoms with Crippen LogP contribution in [0.25, 0.3) is 21.9 Å². The molecule has 144 valence electrons. The Kier molecular flexibility index (Phi) is 5.30. The van der Waals surface area contributed by atoms with Crippen molar-refractivity contribution in [3.8, 4) is 11.1 Å². The zero-order chi connectivity index (χ0) is 20.4. The van der Waals surface area contributed by atoms with Gasteiger partial charge in [0.15, 0.2) is 0 Å². The topological polar surface area (TPSA) is 36.4 Å². The van der Waals surface area contributed by atoms with Crippen molar-refractivity contribution in [2.24, 2.45) is 0 Å². The minimum atomic E-state index is -0.116. The number of rotatable bonds is 4. The smallest absolute Gasteiger partial charge is 0.267 e. The number of carbonyl (C=O) groups is 1. The highest BCUT2D eigenvalue weighted by Crippen LogP contribution is 2.34. The first-order chi connectivity index (χ1) is 14.1. The number of anilines is 1. The summed E-state index contributed by atoms with van der Waals surface area (Å²) in [6.45, 7) is 0. The first-order valence-electron chi connectivity index (χ1n) is 9.26. The number of hydrogen-bond acceptors (Lipinski definition) is 3. The van der Waals surface area contributed by atoms with Gasteiger partial charge in [-0.3, -0.25) is 9.78 Å². The fourth-order valence-corrected chi connectivity index (χ4v) is 3.73. The second kappa shape index (κ2) is 8.03. The van der Waals surface area contributed by atoms with E-state index in [-0.39, 0.29) is 5.91 Å². The number of amides is 1. The van der Waals surface area contributed by atoms with Crippen molar-refractivity contribution in [1.29, 1.82) is 0 Å². The molecule has 1 amide bonds. The normalized spacial score (nSPS) is 11.0. The third kappa shape index (κ3) is 3.60. The third-order valence-electron chi connectivity index (χ3n) is 4.82. The number of fused-ring (bicyclic) bond motifs is 1. The molecule has 0 saturated heterocycles. The van der Waals surface area contributed by atoms with E-state index in [9.17, 15) is 4.79 Å². The molecule has 4 aromatic rings. The Morgan fingerprint density at radius 3 is 2.21 bits per heavy atom. The van der Waals surface area contributed by atoms with Crippen molar-refractivity contribution in [2.45, 2.75) is 0 Å². The minimum absolute atomic E-state index is 0.116. The number of hydrogen-bond donors (Lipinski definition) is 0. The Morgan fingerprint density at radius 2 is 1.48 bits per heavy atom. The monoisotopic (exact) mass is 401 g/mol. The molecule has 0 unspecified atom stereocenters. The molecule has 0 bridgehead atoms. The van der Waals surface area contributed by atoms with E-state index in [0.717, 1.165) is 27.6 Å². The SMILES string of the molecule is CN(C)N(C(=O)c1ccccc1-c1ccncc1)c1ccc(Cl)c2ccccc12. The van der Waals surface area contributed by atoms with Gasteiger partial charge in [-0.1, -0.05) is 54.1 Å². The number of halogens is 1. The summed E-state index contributed by atoms with van der Waals surface area (Å²) < 4.78 is 0. The average molecular weight is 402 g/mol. The average Bonchev–Trinajstić information content (AvgIpc) is 2.76. The predicted molar refractivity (Wildman–Crippen MR) is 119 cm³/mol. The van der Waals surface area contributed by atoms with E-state index in [0.29, 0.717) is 10.6 Å². The van der Waals surface area contributed by atoms with Gasteiger partial charge in [-0.15, -0.1) is 0 Å². The van der Waals surface area contributed by atoms with Crippen LogP contribution in [0.4, 0.5) is 5.69 Å². The molecule has 1 aromatic heterocycles. The molecule has 4 nitrogen and oxygen atoms in total. The van der Waals surface area contributed by atoms with Gasteiger partial charge < -0.3 is 0 Å². The van der Waals surface area contributed by atoms with Crippen LogP contribution in [0.15, 0.2) is 85.2 Å². The molecule has 0 aliphatic rings. The number of benzene rings is 3. The number of carbonyl (C=O) groups excluding carboxylic acids is 1. The van der Waals surface area contributed by atoms with E-state index in [2.05, 4.69) is 4.98 Å². The number of hydrazine groups is 1. The van der Waals surface area contributed by atoms with Crippen molar-refractivity contribution in [1.82, 2.24) is 9.99 Å². The zero-order valence-electron chi connectivity index (χ0n) is 16.2. The van der Waals surface area contributed by atoms with E-state index in [1.165, 1.54) is 0 Å². The molecule has 29 heavy (non-hydrogen) atoms. The Labute approximate surface area is 174 Å². The van der Waals surface area contributed by atoms with Gasteiger partial charge in [0.25, 0.3) is 5.91 Å². The fourth-order valence-electron chi connectivity index (χ4n) is 3.50. The van der Waals surface area contributed by atoms with Crippen LogP contribution in [0.3, 0.4) is 0 Å². The van der Waals surface area contributed by atoms with E-state index in [4.69, 9.17) is 11.6 Å². The lowest BCUT2D eigenvalue weighted by Gasteiger charge is -2.31. The third-order valence-corrected chi connectivity index (χ3v) is 5.15. The molecule has 0 saturated carbocycles. The molecule has 0 N–H and O–H groups in total. The van der Waals surface area contributed by atoms with Gasteiger partial charge in [-0.25, -0.2) is 10.0 Å². The highest BCUT2D eigenvalue weighted by atomic mass is 35.5. The molecule has 4 rings (SSSR count). The summed E-state index contributed by atoms with van der Waals surface area (Å²) in [5.74, 6) is -0.116. The second-order valence-electron chi connectivity index (χ2n) is 6.86. The lowest BCUT2D eigenvalue weighted by Crippen LogP contribution is -2.42. The first kappa shape index (κ1) is 19.1. The van der Waals surface area contributed by atoms with Crippen LogP contribution in [-0.2, 0) is 0 Å². The van der Waals surface area contributed by atoms with E-state index in [1.54, 1.807) is 22.4 Å². The molecule has 0 aliphatic heterocycles. The molecule has 0 atom stereocenters. The van der Waals surface area contributed by atoms with Crippen molar-refractivity contribution < 1.29 is 4.79 Å². The van der Waals surface area contributed by atoms with Crippen LogP contribution in [0, 0.1) is 0 Å². The molecule has 0 aliphatic carbocycles. The molecule has 0 fully saturated rings. The van der Waals surface area contributed by atoms with E-state index in [1.807, 2.05) is 86.9 Å². The van der Waals surface area contributed by atoms with Crippen LogP contribution in [0.5, 0.6) is 0 Å². The summed E-state index contributed by atoms with van der Waals surface area (Å²) in [6, 6.07) is 23.0. The first-order valence-corrected chi connectivity index (χ1v) is 9.64. The lowest BCUT2D eigenvalue weighted by atomic mass is 9.99. The zero-order valence-corrected chi connectivity index (χ0v) is 17.0. The second-order valence-corrected chi connectivity index (χ2v) is 7.26. The van der Waals surface area contributed by atoms with Crippen LogP contribution >= 0.6 is 11.6 Å². The molecular formula is C24H20ClN3O. The Bertz CT molecular complexity index is 1180. The summed E-state index contributed by atoms with van der Waals surface area (Å²) in [6.07, 6.45) is 3.46. The molecule has 1 heterocycles.